The van der Waals surface area contributed by atoms with Gasteiger partial charge in [-0.1, -0.05) is 23.1 Å². The van der Waals surface area contributed by atoms with Crippen molar-refractivity contribution in [3.63, 3.8) is 0 Å². The molecule has 0 unspecified atom stereocenters. The molecule has 0 saturated carbocycles. The van der Waals surface area contributed by atoms with Gasteiger partial charge in [0.2, 0.25) is 11.0 Å². The molecule has 0 fully saturated rings. The van der Waals surface area contributed by atoms with Gasteiger partial charge in [-0.2, -0.15) is 0 Å². The number of halogens is 1. The lowest BCUT2D eigenvalue weighted by Crippen LogP contribution is -2.15. The zero-order valence-corrected chi connectivity index (χ0v) is 11.9. The predicted octanol–water partition coefficient (Wildman–Crippen LogP) is 1.90. The highest BCUT2D eigenvalue weighted by molar-refractivity contribution is 8.01. The molecule has 0 aliphatic heterocycles. The number of amides is 1. The van der Waals surface area contributed by atoms with Crippen molar-refractivity contribution in [2.45, 2.75) is 4.34 Å². The summed E-state index contributed by atoms with van der Waals surface area (Å²) in [6.07, 6.45) is 0. The van der Waals surface area contributed by atoms with Crippen LogP contribution in [-0.4, -0.2) is 26.8 Å². The highest BCUT2D eigenvalue weighted by Gasteiger charge is 2.14. The van der Waals surface area contributed by atoms with Gasteiger partial charge in [0, 0.05) is 12.1 Å². The van der Waals surface area contributed by atoms with Gasteiger partial charge < -0.3 is 11.1 Å². The van der Waals surface area contributed by atoms with E-state index in [1.165, 1.54) is 0 Å². The Morgan fingerprint density at radius 3 is 2.90 bits per heavy atom. The molecule has 110 valence electrons. The maximum atomic E-state index is 13.5. The summed E-state index contributed by atoms with van der Waals surface area (Å²) in [7, 11) is 0. The lowest BCUT2D eigenvalue weighted by atomic mass is 10.2. The maximum absolute atomic E-state index is 13.5. The Morgan fingerprint density at radius 2 is 2.29 bits per heavy atom. The third kappa shape index (κ3) is 4.10. The number of hydrogen-bond donors (Lipinski definition) is 2. The van der Waals surface area contributed by atoms with E-state index in [2.05, 4.69) is 15.5 Å². The minimum Gasteiger partial charge on any atom is -0.374 e. The molecular formula is C10H8FN5O3S2. The molecule has 0 aliphatic rings. The van der Waals surface area contributed by atoms with Crippen LogP contribution in [0.15, 0.2) is 22.5 Å². The van der Waals surface area contributed by atoms with Gasteiger partial charge in [0.25, 0.3) is 5.69 Å². The zero-order chi connectivity index (χ0) is 15.4. The number of non-ortho nitro benzene ring substituents is 1. The topological polar surface area (TPSA) is 124 Å². The first kappa shape index (κ1) is 15.1. The molecular weight excluding hydrogens is 321 g/mol. The molecule has 0 saturated heterocycles. The highest BCUT2D eigenvalue weighted by atomic mass is 32.2. The lowest BCUT2D eigenvalue weighted by Gasteiger charge is -2.05. The fourth-order valence-electron chi connectivity index (χ4n) is 1.31. The van der Waals surface area contributed by atoms with Crippen molar-refractivity contribution in [3.05, 3.63) is 34.1 Å². The summed E-state index contributed by atoms with van der Waals surface area (Å²) in [5, 5.41) is 20.4. The molecule has 0 atom stereocenters. The predicted molar refractivity (Wildman–Crippen MR) is 76.7 cm³/mol. The van der Waals surface area contributed by atoms with Crippen LogP contribution in [0.5, 0.6) is 0 Å². The van der Waals surface area contributed by atoms with Gasteiger partial charge in [0.15, 0.2) is 4.34 Å². The molecule has 0 radical (unpaired) electrons. The summed E-state index contributed by atoms with van der Waals surface area (Å²) in [5.74, 6) is -1.32. The second kappa shape index (κ2) is 6.45. The number of carbonyl (C=O) groups excluding carboxylic acids is 1. The largest absolute Gasteiger partial charge is 0.374 e. The molecule has 1 heterocycles. The van der Waals surface area contributed by atoms with Crippen LogP contribution in [0.3, 0.4) is 0 Å². The zero-order valence-electron chi connectivity index (χ0n) is 10.3. The normalized spacial score (nSPS) is 10.3. The quantitative estimate of drug-likeness (QED) is 0.487. The van der Waals surface area contributed by atoms with Gasteiger partial charge >= 0.3 is 0 Å². The third-order valence-corrected chi connectivity index (χ3v) is 4.07. The van der Waals surface area contributed by atoms with E-state index in [0.717, 1.165) is 41.3 Å². The monoisotopic (exact) mass is 329 g/mol. The molecule has 2 aromatic rings. The summed E-state index contributed by atoms with van der Waals surface area (Å²) in [5.41, 5.74) is 4.84. The molecule has 1 amide bonds. The minimum absolute atomic E-state index is 0.0449. The van der Waals surface area contributed by atoms with Gasteiger partial charge in [-0.05, 0) is 6.07 Å². The van der Waals surface area contributed by atoms with E-state index in [1.807, 2.05) is 0 Å². The van der Waals surface area contributed by atoms with E-state index in [-0.39, 0.29) is 22.3 Å². The molecule has 2 rings (SSSR count). The number of benzene rings is 1. The molecule has 21 heavy (non-hydrogen) atoms. The van der Waals surface area contributed by atoms with Crippen LogP contribution in [0.25, 0.3) is 0 Å². The number of nitro groups is 1. The second-order valence-corrected chi connectivity index (χ2v) is 5.90. The Balaban J connectivity index is 1.99. The summed E-state index contributed by atoms with van der Waals surface area (Å²) >= 11 is 2.20. The van der Waals surface area contributed by atoms with Gasteiger partial charge in [-0.25, -0.2) is 4.39 Å². The number of aromatic nitrogens is 2. The van der Waals surface area contributed by atoms with Crippen LogP contribution < -0.4 is 11.1 Å². The maximum Gasteiger partial charge on any atom is 0.271 e. The second-order valence-electron chi connectivity index (χ2n) is 3.66. The number of anilines is 2. The van der Waals surface area contributed by atoms with Crippen molar-refractivity contribution in [2.75, 3.05) is 16.8 Å². The van der Waals surface area contributed by atoms with Crippen molar-refractivity contribution in [3.8, 4) is 0 Å². The molecule has 0 aliphatic carbocycles. The van der Waals surface area contributed by atoms with Crippen molar-refractivity contribution in [2.24, 2.45) is 0 Å². The van der Waals surface area contributed by atoms with E-state index >= 15 is 0 Å². The van der Waals surface area contributed by atoms with Crippen LogP contribution >= 0.6 is 23.1 Å². The fraction of sp³-hybridized carbons (Fsp3) is 0.100. The SMILES string of the molecule is Nc1nnc(SCC(=O)Nc2cc([N+](=O)[O-])ccc2F)s1. The molecule has 0 spiro atoms. The number of hydrogen-bond acceptors (Lipinski definition) is 8. The van der Waals surface area contributed by atoms with Gasteiger partial charge in [0.05, 0.1) is 16.4 Å². The van der Waals surface area contributed by atoms with Crippen molar-refractivity contribution >= 4 is 45.5 Å². The minimum atomic E-state index is -0.751. The Bertz CT molecular complexity index is 693. The Hall–Kier alpha value is -2.27. The Labute approximate surface area is 125 Å². The first-order chi connectivity index (χ1) is 9.95. The van der Waals surface area contributed by atoms with Crippen LogP contribution in [-0.2, 0) is 4.79 Å². The summed E-state index contributed by atoms with van der Waals surface area (Å²) in [4.78, 5) is 21.6. The number of nitrogens with one attached hydrogen (secondary N) is 1. The van der Waals surface area contributed by atoms with Crippen LogP contribution in [0, 0.1) is 15.9 Å². The summed E-state index contributed by atoms with van der Waals surface area (Å²) < 4.78 is 14.0. The van der Waals surface area contributed by atoms with E-state index in [0.29, 0.717) is 4.34 Å². The van der Waals surface area contributed by atoms with Gasteiger partial charge in [-0.15, -0.1) is 10.2 Å². The molecule has 1 aromatic carbocycles. The number of rotatable bonds is 5. The standard InChI is InChI=1S/C10H8FN5O3S2/c11-6-2-1-5(16(18)19)3-7(6)13-8(17)4-20-10-15-14-9(12)21-10/h1-3H,4H2,(H2,12,14)(H,13,17). The highest BCUT2D eigenvalue weighted by Crippen LogP contribution is 2.25. The van der Waals surface area contributed by atoms with Crippen molar-refractivity contribution < 1.29 is 14.1 Å². The van der Waals surface area contributed by atoms with Crippen LogP contribution in [0.2, 0.25) is 0 Å². The molecule has 8 nitrogen and oxygen atoms in total. The number of nitro benzene ring substituents is 1. The number of carbonyl (C=O) groups is 1. The van der Waals surface area contributed by atoms with Gasteiger partial charge in [-0.3, -0.25) is 14.9 Å². The molecule has 0 bridgehead atoms. The molecule has 3 N–H and O–H groups in total. The Kier molecular flexibility index (Phi) is 4.65. The third-order valence-electron chi connectivity index (χ3n) is 2.18. The van der Waals surface area contributed by atoms with Gasteiger partial charge in [0.1, 0.15) is 5.82 Å². The molecule has 1 aromatic heterocycles. The van der Waals surface area contributed by atoms with Crippen LogP contribution in [0.4, 0.5) is 20.9 Å². The van der Waals surface area contributed by atoms with Crippen LogP contribution in [0.1, 0.15) is 0 Å². The number of nitrogens with zero attached hydrogens (tertiary/aromatic N) is 3. The lowest BCUT2D eigenvalue weighted by molar-refractivity contribution is -0.384. The smallest absolute Gasteiger partial charge is 0.271 e. The molecule has 11 heteroatoms. The number of nitrogen functional groups attached to an aromatic ring is 1. The number of thioether (sulfide) groups is 1. The van der Waals surface area contributed by atoms with E-state index in [1.54, 1.807) is 0 Å². The Morgan fingerprint density at radius 1 is 1.52 bits per heavy atom. The first-order valence-electron chi connectivity index (χ1n) is 5.41. The average molecular weight is 329 g/mol. The summed E-state index contributed by atoms with van der Waals surface area (Å²) in [6.45, 7) is 0. The van der Waals surface area contributed by atoms with Crippen molar-refractivity contribution in [1.82, 2.24) is 10.2 Å². The number of nitrogens with two attached hydrogens (primary N) is 1. The van der Waals surface area contributed by atoms with Crippen molar-refractivity contribution in [1.29, 1.82) is 0 Å². The van der Waals surface area contributed by atoms with E-state index < -0.39 is 16.6 Å². The van der Waals surface area contributed by atoms with E-state index in [9.17, 15) is 19.3 Å². The summed E-state index contributed by atoms with van der Waals surface area (Å²) in [6, 6.07) is 2.90. The fourth-order valence-corrected chi connectivity index (χ4v) is 2.75. The average Bonchev–Trinajstić information content (AvgIpc) is 2.84. The first-order valence-corrected chi connectivity index (χ1v) is 7.21. The van der Waals surface area contributed by atoms with E-state index in [4.69, 9.17) is 5.73 Å².